The van der Waals surface area contributed by atoms with E-state index in [1.165, 1.54) is 16.7 Å². The van der Waals surface area contributed by atoms with Crippen LogP contribution in [0, 0.1) is 0 Å². The average molecular weight is 265 g/mol. The molecule has 0 N–H and O–H groups in total. The number of fused-ring (bicyclic) bond motifs is 1. The number of halogens is 4. The summed E-state index contributed by atoms with van der Waals surface area (Å²) in [6.07, 6.45) is -2.91. The SMILES string of the molecule is FC(F)(F)c1nc2ccccn2c1Br. The predicted molar refractivity (Wildman–Crippen MR) is 47.9 cm³/mol. The smallest absolute Gasteiger partial charge is 0.294 e. The van der Waals surface area contributed by atoms with E-state index in [1.807, 2.05) is 0 Å². The van der Waals surface area contributed by atoms with E-state index in [2.05, 4.69) is 20.9 Å². The van der Waals surface area contributed by atoms with Gasteiger partial charge in [-0.2, -0.15) is 13.2 Å². The molecule has 0 atom stereocenters. The lowest BCUT2D eigenvalue weighted by Gasteiger charge is -2.01. The van der Waals surface area contributed by atoms with Crippen molar-refractivity contribution in [3.63, 3.8) is 0 Å². The van der Waals surface area contributed by atoms with E-state index in [9.17, 15) is 13.2 Å². The summed E-state index contributed by atoms with van der Waals surface area (Å²) < 4.78 is 38.4. The minimum absolute atomic E-state index is 0.0689. The maximum Gasteiger partial charge on any atom is 0.436 e. The maximum atomic E-state index is 12.4. The van der Waals surface area contributed by atoms with Crippen molar-refractivity contribution < 1.29 is 13.2 Å². The number of nitrogens with zero attached hydrogens (tertiary/aromatic N) is 2. The fourth-order valence-corrected chi connectivity index (χ4v) is 1.76. The van der Waals surface area contributed by atoms with Gasteiger partial charge < -0.3 is 0 Å². The minimum Gasteiger partial charge on any atom is -0.294 e. The highest BCUT2D eigenvalue weighted by atomic mass is 79.9. The van der Waals surface area contributed by atoms with Crippen LogP contribution < -0.4 is 0 Å². The Morgan fingerprint density at radius 3 is 2.57 bits per heavy atom. The highest BCUT2D eigenvalue weighted by molar-refractivity contribution is 9.10. The van der Waals surface area contributed by atoms with Gasteiger partial charge in [-0.15, -0.1) is 0 Å². The lowest BCUT2D eigenvalue weighted by atomic mass is 10.5. The monoisotopic (exact) mass is 264 g/mol. The summed E-state index contributed by atoms with van der Waals surface area (Å²) in [5.41, 5.74) is -0.629. The van der Waals surface area contributed by atoms with E-state index in [-0.39, 0.29) is 10.3 Å². The van der Waals surface area contributed by atoms with E-state index in [1.54, 1.807) is 12.1 Å². The van der Waals surface area contributed by atoms with Gasteiger partial charge in [0.2, 0.25) is 0 Å². The fourth-order valence-electron chi connectivity index (χ4n) is 1.15. The summed E-state index contributed by atoms with van der Waals surface area (Å²) in [6, 6.07) is 4.79. The van der Waals surface area contributed by atoms with Gasteiger partial charge in [-0.25, -0.2) is 4.98 Å². The highest BCUT2D eigenvalue weighted by Gasteiger charge is 2.37. The minimum atomic E-state index is -4.43. The molecule has 0 aliphatic heterocycles. The summed E-state index contributed by atoms with van der Waals surface area (Å²) >= 11 is 2.87. The molecule has 0 saturated carbocycles. The number of aromatic nitrogens is 2. The van der Waals surface area contributed by atoms with Crippen LogP contribution in [-0.2, 0) is 6.18 Å². The fraction of sp³-hybridized carbons (Fsp3) is 0.125. The molecule has 0 radical (unpaired) electrons. The zero-order valence-electron chi connectivity index (χ0n) is 6.72. The molecule has 2 aromatic heterocycles. The van der Waals surface area contributed by atoms with Crippen LogP contribution in [0.2, 0.25) is 0 Å². The molecule has 0 spiro atoms. The van der Waals surface area contributed by atoms with Crippen LogP contribution in [0.1, 0.15) is 5.69 Å². The Labute approximate surface area is 85.5 Å². The van der Waals surface area contributed by atoms with Crippen molar-refractivity contribution >= 4 is 21.6 Å². The van der Waals surface area contributed by atoms with Gasteiger partial charge in [0.05, 0.1) is 0 Å². The van der Waals surface area contributed by atoms with Crippen LogP contribution in [0.5, 0.6) is 0 Å². The number of imidazole rings is 1. The first-order valence-corrected chi connectivity index (χ1v) is 4.49. The van der Waals surface area contributed by atoms with Crippen LogP contribution in [0.4, 0.5) is 13.2 Å². The maximum absolute atomic E-state index is 12.4. The molecule has 14 heavy (non-hydrogen) atoms. The number of pyridine rings is 1. The largest absolute Gasteiger partial charge is 0.436 e. The number of hydrogen-bond donors (Lipinski definition) is 0. The number of hydrogen-bond acceptors (Lipinski definition) is 1. The Hall–Kier alpha value is -1.04. The molecule has 0 aliphatic rings. The lowest BCUT2D eigenvalue weighted by molar-refractivity contribution is -0.141. The Morgan fingerprint density at radius 1 is 1.29 bits per heavy atom. The van der Waals surface area contributed by atoms with E-state index in [4.69, 9.17) is 0 Å². The molecule has 0 unspecified atom stereocenters. The zero-order chi connectivity index (χ0) is 10.3. The summed E-state index contributed by atoms with van der Waals surface area (Å²) in [5, 5.41) is 0. The second kappa shape index (κ2) is 2.98. The van der Waals surface area contributed by atoms with Crippen LogP contribution >= 0.6 is 15.9 Å². The molecule has 0 bridgehead atoms. The van der Waals surface area contributed by atoms with Gasteiger partial charge in [0.1, 0.15) is 10.3 Å². The van der Waals surface area contributed by atoms with E-state index >= 15 is 0 Å². The molecular weight excluding hydrogens is 261 g/mol. The third kappa shape index (κ3) is 1.39. The molecule has 2 rings (SSSR count). The van der Waals surface area contributed by atoms with E-state index < -0.39 is 11.9 Å². The van der Waals surface area contributed by atoms with Gasteiger partial charge in [0.25, 0.3) is 0 Å². The first kappa shape index (κ1) is 9.51. The summed E-state index contributed by atoms with van der Waals surface area (Å²) in [7, 11) is 0. The van der Waals surface area contributed by atoms with Crippen molar-refractivity contribution in [3.05, 3.63) is 34.7 Å². The third-order valence-corrected chi connectivity index (χ3v) is 2.50. The van der Waals surface area contributed by atoms with Crippen LogP contribution in [0.25, 0.3) is 5.65 Å². The van der Waals surface area contributed by atoms with Gasteiger partial charge in [-0.1, -0.05) is 6.07 Å². The molecule has 6 heteroatoms. The first-order chi connectivity index (χ1) is 6.50. The first-order valence-electron chi connectivity index (χ1n) is 3.70. The number of rotatable bonds is 0. The zero-order valence-corrected chi connectivity index (χ0v) is 8.30. The van der Waals surface area contributed by atoms with Crippen molar-refractivity contribution in [2.45, 2.75) is 6.18 Å². The van der Waals surface area contributed by atoms with Gasteiger partial charge in [-0.3, -0.25) is 4.40 Å². The number of alkyl halides is 3. The van der Waals surface area contributed by atoms with E-state index in [0.717, 1.165) is 0 Å². The molecule has 0 aromatic carbocycles. The molecule has 2 nitrogen and oxygen atoms in total. The molecule has 2 aromatic rings. The lowest BCUT2D eigenvalue weighted by Crippen LogP contribution is -2.06. The van der Waals surface area contributed by atoms with Gasteiger partial charge >= 0.3 is 6.18 Å². The van der Waals surface area contributed by atoms with Crippen LogP contribution in [0.15, 0.2) is 29.0 Å². The van der Waals surface area contributed by atoms with Crippen molar-refractivity contribution in [2.24, 2.45) is 0 Å². The van der Waals surface area contributed by atoms with Crippen molar-refractivity contribution in [2.75, 3.05) is 0 Å². The topological polar surface area (TPSA) is 17.3 Å². The Kier molecular flexibility index (Phi) is 2.02. The molecule has 0 aliphatic carbocycles. The highest BCUT2D eigenvalue weighted by Crippen LogP contribution is 2.34. The van der Waals surface area contributed by atoms with Crippen LogP contribution in [0.3, 0.4) is 0 Å². The van der Waals surface area contributed by atoms with E-state index in [0.29, 0.717) is 0 Å². The standard InChI is InChI=1S/C8H4BrF3N2/c9-7-6(8(10,11)12)13-5-3-1-2-4-14(5)7/h1-4H. The van der Waals surface area contributed by atoms with Gasteiger partial charge in [-0.05, 0) is 28.1 Å². The van der Waals surface area contributed by atoms with Crippen LogP contribution in [-0.4, -0.2) is 9.38 Å². The molecular formula is C8H4BrF3N2. The summed E-state index contributed by atoms with van der Waals surface area (Å²) in [6.45, 7) is 0. The molecule has 2 heterocycles. The predicted octanol–water partition coefficient (Wildman–Crippen LogP) is 3.12. The Morgan fingerprint density at radius 2 is 2.00 bits per heavy atom. The second-order valence-electron chi connectivity index (χ2n) is 2.68. The normalized spacial score (nSPS) is 12.3. The van der Waals surface area contributed by atoms with Gasteiger partial charge in [0, 0.05) is 6.20 Å². The Balaban J connectivity index is 2.75. The van der Waals surface area contributed by atoms with Gasteiger partial charge in [0.15, 0.2) is 5.69 Å². The molecule has 0 fully saturated rings. The van der Waals surface area contributed by atoms with Crippen molar-refractivity contribution in [1.29, 1.82) is 0 Å². The average Bonchev–Trinajstić information content (AvgIpc) is 2.44. The summed E-state index contributed by atoms with van der Waals surface area (Å²) in [5.74, 6) is 0. The third-order valence-electron chi connectivity index (χ3n) is 1.74. The summed E-state index contributed by atoms with van der Waals surface area (Å²) in [4.78, 5) is 3.47. The Bertz CT molecular complexity index is 475. The second-order valence-corrected chi connectivity index (χ2v) is 3.43. The molecule has 74 valence electrons. The quantitative estimate of drug-likeness (QED) is 0.715. The van der Waals surface area contributed by atoms with Crippen molar-refractivity contribution in [1.82, 2.24) is 9.38 Å². The molecule has 0 amide bonds. The van der Waals surface area contributed by atoms with Crippen molar-refractivity contribution in [3.8, 4) is 0 Å². The molecule has 0 saturated heterocycles.